The van der Waals surface area contributed by atoms with Crippen molar-refractivity contribution in [2.45, 2.75) is 45.2 Å². The number of hydrogen-bond acceptors (Lipinski definition) is 4. The van der Waals surface area contributed by atoms with Crippen LogP contribution >= 0.6 is 11.6 Å². The highest BCUT2D eigenvalue weighted by molar-refractivity contribution is 6.33. The van der Waals surface area contributed by atoms with Gasteiger partial charge in [-0.3, -0.25) is 4.79 Å². The molecule has 0 aromatic carbocycles. The summed E-state index contributed by atoms with van der Waals surface area (Å²) in [6.07, 6.45) is 6.28. The van der Waals surface area contributed by atoms with Gasteiger partial charge in [-0.05, 0) is 38.0 Å². The van der Waals surface area contributed by atoms with E-state index in [0.29, 0.717) is 29.1 Å². The van der Waals surface area contributed by atoms with Crippen molar-refractivity contribution in [3.8, 4) is 0 Å². The van der Waals surface area contributed by atoms with E-state index in [1.165, 1.54) is 19.3 Å². The first-order valence-corrected chi connectivity index (χ1v) is 8.20. The van der Waals surface area contributed by atoms with Crippen LogP contribution in [0, 0.1) is 11.8 Å². The third kappa shape index (κ3) is 2.94. The van der Waals surface area contributed by atoms with Crippen LogP contribution in [0.4, 0.5) is 5.69 Å². The van der Waals surface area contributed by atoms with Gasteiger partial charge in [-0.2, -0.15) is 5.10 Å². The maximum Gasteiger partial charge on any atom is 0.291 e. The summed E-state index contributed by atoms with van der Waals surface area (Å²) in [6, 6.07) is 0.146. The van der Waals surface area contributed by atoms with Gasteiger partial charge in [-0.25, -0.2) is 4.68 Å². The fourth-order valence-electron chi connectivity index (χ4n) is 3.21. The summed E-state index contributed by atoms with van der Waals surface area (Å²) >= 11 is 6.24. The first-order valence-electron chi connectivity index (χ1n) is 7.82. The van der Waals surface area contributed by atoms with Crippen molar-refractivity contribution in [1.29, 1.82) is 0 Å². The second-order valence-electron chi connectivity index (χ2n) is 6.48. The SMILES string of the molecule is CC(N)C1CCN(c2c(Cl)cnn(CC3CCC3)c2=O)C1. The number of nitrogens with two attached hydrogens (primary N) is 1. The Hall–Kier alpha value is -1.07. The molecule has 1 saturated carbocycles. The Balaban J connectivity index is 1.84. The lowest BCUT2D eigenvalue weighted by Gasteiger charge is -2.26. The highest BCUT2D eigenvalue weighted by Crippen LogP contribution is 2.29. The van der Waals surface area contributed by atoms with E-state index < -0.39 is 0 Å². The number of hydrogen-bond donors (Lipinski definition) is 1. The van der Waals surface area contributed by atoms with Crippen molar-refractivity contribution in [1.82, 2.24) is 9.78 Å². The average Bonchev–Trinajstić information content (AvgIpc) is 2.85. The fourth-order valence-corrected chi connectivity index (χ4v) is 3.46. The number of nitrogens with zero attached hydrogens (tertiary/aromatic N) is 3. The van der Waals surface area contributed by atoms with Gasteiger partial charge in [-0.15, -0.1) is 0 Å². The Morgan fingerprint density at radius 1 is 1.48 bits per heavy atom. The van der Waals surface area contributed by atoms with Crippen LogP contribution in [0.1, 0.15) is 32.6 Å². The number of anilines is 1. The maximum absolute atomic E-state index is 12.7. The molecular formula is C15H23ClN4O. The molecule has 2 fully saturated rings. The average molecular weight is 311 g/mol. The van der Waals surface area contributed by atoms with Crippen LogP contribution in [-0.2, 0) is 6.54 Å². The molecule has 0 bridgehead atoms. The quantitative estimate of drug-likeness (QED) is 0.922. The van der Waals surface area contributed by atoms with E-state index in [-0.39, 0.29) is 11.6 Å². The molecule has 2 aliphatic rings. The van der Waals surface area contributed by atoms with Crippen molar-refractivity contribution >= 4 is 17.3 Å². The first-order chi connectivity index (χ1) is 10.1. The molecule has 2 unspecified atom stereocenters. The maximum atomic E-state index is 12.7. The van der Waals surface area contributed by atoms with Crippen molar-refractivity contribution in [2.75, 3.05) is 18.0 Å². The van der Waals surface area contributed by atoms with E-state index in [0.717, 1.165) is 19.5 Å². The molecule has 3 rings (SSSR count). The summed E-state index contributed by atoms with van der Waals surface area (Å²) in [5.41, 5.74) is 6.53. The minimum Gasteiger partial charge on any atom is -0.365 e. The van der Waals surface area contributed by atoms with E-state index in [4.69, 9.17) is 17.3 Å². The second-order valence-corrected chi connectivity index (χ2v) is 6.89. The van der Waals surface area contributed by atoms with Gasteiger partial charge in [0.1, 0.15) is 5.69 Å². The number of rotatable bonds is 4. The molecule has 5 nitrogen and oxygen atoms in total. The standard InChI is InChI=1S/C15H23ClN4O/c1-10(17)12-5-6-19(9-12)14-13(16)7-18-20(15(14)21)8-11-3-2-4-11/h7,10-12H,2-6,8-9,17H2,1H3. The Morgan fingerprint density at radius 2 is 2.24 bits per heavy atom. The van der Waals surface area contributed by atoms with Crippen LogP contribution in [0.3, 0.4) is 0 Å². The van der Waals surface area contributed by atoms with E-state index in [2.05, 4.69) is 10.00 Å². The molecule has 6 heteroatoms. The highest BCUT2D eigenvalue weighted by atomic mass is 35.5. The zero-order chi connectivity index (χ0) is 15.0. The third-order valence-corrected chi connectivity index (χ3v) is 5.19. The van der Waals surface area contributed by atoms with Crippen LogP contribution < -0.4 is 16.2 Å². The molecule has 2 atom stereocenters. The van der Waals surface area contributed by atoms with Gasteiger partial charge in [0.2, 0.25) is 0 Å². The van der Waals surface area contributed by atoms with Gasteiger partial charge in [0.05, 0.1) is 11.2 Å². The lowest BCUT2D eigenvalue weighted by molar-refractivity contribution is 0.262. The second kappa shape index (κ2) is 5.97. The minimum atomic E-state index is -0.0558. The van der Waals surface area contributed by atoms with E-state index in [1.807, 2.05) is 6.92 Å². The molecule has 0 radical (unpaired) electrons. The van der Waals surface area contributed by atoms with Gasteiger partial charge >= 0.3 is 0 Å². The van der Waals surface area contributed by atoms with Crippen LogP contribution in [0.5, 0.6) is 0 Å². The van der Waals surface area contributed by atoms with Crippen LogP contribution in [0.15, 0.2) is 11.0 Å². The molecule has 2 N–H and O–H groups in total. The van der Waals surface area contributed by atoms with E-state index in [9.17, 15) is 4.79 Å². The molecule has 2 heterocycles. The first kappa shape index (κ1) is 14.9. The molecule has 1 aliphatic carbocycles. The summed E-state index contributed by atoms with van der Waals surface area (Å²) in [5.74, 6) is 1.02. The Labute approximate surface area is 130 Å². The molecule has 21 heavy (non-hydrogen) atoms. The van der Waals surface area contributed by atoms with Crippen LogP contribution in [0.25, 0.3) is 0 Å². The highest BCUT2D eigenvalue weighted by Gasteiger charge is 2.29. The van der Waals surface area contributed by atoms with Gasteiger partial charge in [0, 0.05) is 25.7 Å². The largest absolute Gasteiger partial charge is 0.365 e. The molecule has 1 aliphatic heterocycles. The Kier molecular flexibility index (Phi) is 4.22. The molecule has 0 amide bonds. The van der Waals surface area contributed by atoms with Crippen molar-refractivity contribution < 1.29 is 0 Å². The molecule has 116 valence electrons. The van der Waals surface area contributed by atoms with Gasteiger partial charge in [-0.1, -0.05) is 18.0 Å². The number of halogens is 1. The topological polar surface area (TPSA) is 64.2 Å². The fraction of sp³-hybridized carbons (Fsp3) is 0.733. The predicted octanol–water partition coefficient (Wildman–Crippen LogP) is 1.87. The van der Waals surface area contributed by atoms with Gasteiger partial charge in [0.25, 0.3) is 5.56 Å². The van der Waals surface area contributed by atoms with Crippen molar-refractivity contribution in [3.05, 3.63) is 21.6 Å². The molecular weight excluding hydrogens is 288 g/mol. The van der Waals surface area contributed by atoms with Crippen molar-refractivity contribution in [2.24, 2.45) is 17.6 Å². The van der Waals surface area contributed by atoms with Gasteiger partial charge in [0.15, 0.2) is 0 Å². The van der Waals surface area contributed by atoms with Crippen LogP contribution in [0.2, 0.25) is 5.02 Å². The molecule has 0 spiro atoms. The third-order valence-electron chi connectivity index (χ3n) is 4.91. The molecule has 1 aromatic heterocycles. The smallest absolute Gasteiger partial charge is 0.291 e. The van der Waals surface area contributed by atoms with E-state index >= 15 is 0 Å². The van der Waals surface area contributed by atoms with Gasteiger partial charge < -0.3 is 10.6 Å². The molecule has 1 saturated heterocycles. The summed E-state index contributed by atoms with van der Waals surface area (Å²) in [5, 5.41) is 4.66. The molecule has 1 aromatic rings. The lowest BCUT2D eigenvalue weighted by Crippen LogP contribution is -2.36. The van der Waals surface area contributed by atoms with E-state index in [1.54, 1.807) is 10.9 Å². The zero-order valence-corrected chi connectivity index (χ0v) is 13.2. The zero-order valence-electron chi connectivity index (χ0n) is 12.5. The monoisotopic (exact) mass is 310 g/mol. The Morgan fingerprint density at radius 3 is 2.81 bits per heavy atom. The van der Waals surface area contributed by atoms with Crippen LogP contribution in [-0.4, -0.2) is 28.9 Å². The minimum absolute atomic E-state index is 0.0558. The summed E-state index contributed by atoms with van der Waals surface area (Å²) in [7, 11) is 0. The summed E-state index contributed by atoms with van der Waals surface area (Å²) in [4.78, 5) is 14.8. The Bertz CT molecular complexity index is 567. The normalized spacial score (nSPS) is 24.1. The summed E-state index contributed by atoms with van der Waals surface area (Å²) in [6.45, 7) is 4.39. The predicted molar refractivity (Wildman–Crippen MR) is 84.8 cm³/mol. The van der Waals surface area contributed by atoms with Crippen molar-refractivity contribution in [3.63, 3.8) is 0 Å². The lowest BCUT2D eigenvalue weighted by atomic mass is 9.85. The number of aromatic nitrogens is 2. The summed E-state index contributed by atoms with van der Waals surface area (Å²) < 4.78 is 1.59.